The van der Waals surface area contributed by atoms with Crippen LogP contribution in [-0.2, 0) is 6.54 Å². The maximum Gasteiger partial charge on any atom is 0.171 e. The van der Waals surface area contributed by atoms with Crippen LogP contribution in [0.25, 0.3) is 0 Å². The second-order valence-electron chi connectivity index (χ2n) is 6.28. The summed E-state index contributed by atoms with van der Waals surface area (Å²) in [5.41, 5.74) is 0.928. The third-order valence-corrected chi connectivity index (χ3v) is 5.18. The Morgan fingerprint density at radius 3 is 3.00 bits per heavy atom. The molecule has 1 aromatic carbocycles. The lowest BCUT2D eigenvalue weighted by molar-refractivity contribution is 0.198. The predicted molar refractivity (Wildman–Crippen MR) is 82.4 cm³/mol. The van der Waals surface area contributed by atoms with E-state index in [0.29, 0.717) is 22.5 Å². The van der Waals surface area contributed by atoms with Crippen LogP contribution in [0.5, 0.6) is 5.75 Å². The molecule has 0 radical (unpaired) electrons. The van der Waals surface area contributed by atoms with Crippen LogP contribution in [-0.4, -0.2) is 38.2 Å². The number of nitrogens with one attached hydrogen (secondary N) is 1. The minimum Gasteiger partial charge on any atom is -0.494 e. The SMILES string of the molecule is COc1ccc(Cl)c(CN2CC[C@@]3(CCCNC3)C2)c1F. The third kappa shape index (κ3) is 3.03. The molecular weight excluding hydrogens is 291 g/mol. The molecule has 5 heteroatoms. The lowest BCUT2D eigenvalue weighted by Gasteiger charge is -2.34. The molecule has 0 bridgehead atoms. The molecule has 21 heavy (non-hydrogen) atoms. The van der Waals surface area contributed by atoms with Crippen molar-refractivity contribution in [3.8, 4) is 5.75 Å². The Morgan fingerprint density at radius 2 is 2.29 bits per heavy atom. The van der Waals surface area contributed by atoms with Crippen molar-refractivity contribution in [1.82, 2.24) is 10.2 Å². The normalized spacial score (nSPS) is 26.4. The number of rotatable bonds is 3. The van der Waals surface area contributed by atoms with Crippen LogP contribution in [0.15, 0.2) is 12.1 Å². The van der Waals surface area contributed by atoms with E-state index in [1.807, 2.05) is 0 Å². The van der Waals surface area contributed by atoms with Gasteiger partial charge in [0.05, 0.1) is 7.11 Å². The van der Waals surface area contributed by atoms with Crippen molar-refractivity contribution in [1.29, 1.82) is 0 Å². The van der Waals surface area contributed by atoms with Crippen LogP contribution in [0.4, 0.5) is 4.39 Å². The molecule has 0 aliphatic carbocycles. The molecule has 0 amide bonds. The predicted octanol–water partition coefficient (Wildman–Crippen LogP) is 3.06. The van der Waals surface area contributed by atoms with Crippen molar-refractivity contribution in [2.24, 2.45) is 5.41 Å². The first-order valence-corrected chi connectivity index (χ1v) is 7.95. The van der Waals surface area contributed by atoms with Gasteiger partial charge in [0.15, 0.2) is 11.6 Å². The molecule has 2 aliphatic rings. The number of benzene rings is 1. The highest BCUT2D eigenvalue weighted by atomic mass is 35.5. The third-order valence-electron chi connectivity index (χ3n) is 4.83. The van der Waals surface area contributed by atoms with Gasteiger partial charge in [-0.3, -0.25) is 4.90 Å². The smallest absolute Gasteiger partial charge is 0.171 e. The summed E-state index contributed by atoms with van der Waals surface area (Å²) in [6, 6.07) is 3.30. The van der Waals surface area contributed by atoms with E-state index < -0.39 is 0 Å². The minimum absolute atomic E-state index is 0.266. The van der Waals surface area contributed by atoms with E-state index in [0.717, 1.165) is 26.2 Å². The zero-order chi connectivity index (χ0) is 14.9. The monoisotopic (exact) mass is 312 g/mol. The molecule has 0 aromatic heterocycles. The summed E-state index contributed by atoms with van der Waals surface area (Å²) >= 11 is 6.18. The summed E-state index contributed by atoms with van der Waals surface area (Å²) in [5, 5.41) is 3.98. The fraction of sp³-hybridized carbons (Fsp3) is 0.625. The van der Waals surface area contributed by atoms with Crippen LogP contribution < -0.4 is 10.1 Å². The maximum atomic E-state index is 14.4. The Kier molecular flexibility index (Phi) is 4.38. The molecule has 1 aromatic rings. The van der Waals surface area contributed by atoms with Crippen molar-refractivity contribution in [3.05, 3.63) is 28.5 Å². The molecule has 2 heterocycles. The number of ether oxygens (including phenoxy) is 1. The van der Waals surface area contributed by atoms with Gasteiger partial charge < -0.3 is 10.1 Å². The number of likely N-dealkylation sites (tertiary alicyclic amines) is 1. The molecule has 3 nitrogen and oxygen atoms in total. The highest BCUT2D eigenvalue weighted by Crippen LogP contribution is 2.38. The number of halogens is 2. The average Bonchev–Trinajstić information content (AvgIpc) is 2.87. The summed E-state index contributed by atoms with van der Waals surface area (Å²) in [4.78, 5) is 2.32. The minimum atomic E-state index is -0.326. The first-order valence-electron chi connectivity index (χ1n) is 7.57. The first-order chi connectivity index (χ1) is 10.1. The van der Waals surface area contributed by atoms with Crippen LogP contribution in [0.1, 0.15) is 24.8 Å². The fourth-order valence-electron chi connectivity index (χ4n) is 3.64. The number of piperidine rings is 1. The van der Waals surface area contributed by atoms with Gasteiger partial charge >= 0.3 is 0 Å². The van der Waals surface area contributed by atoms with Gasteiger partial charge in [-0.1, -0.05) is 11.6 Å². The van der Waals surface area contributed by atoms with Crippen LogP contribution >= 0.6 is 11.6 Å². The van der Waals surface area contributed by atoms with E-state index in [1.165, 1.54) is 26.4 Å². The standard InChI is InChI=1S/C16H22ClFN2O/c1-21-14-4-3-13(17)12(15(14)18)9-20-8-6-16(11-20)5-2-7-19-10-16/h3-4,19H,2,5-11H2,1H3/t16-/m1/s1. The van der Waals surface area contributed by atoms with Gasteiger partial charge in [-0.25, -0.2) is 4.39 Å². The van der Waals surface area contributed by atoms with Gasteiger partial charge in [0.25, 0.3) is 0 Å². The largest absolute Gasteiger partial charge is 0.494 e. The zero-order valence-electron chi connectivity index (χ0n) is 12.4. The van der Waals surface area contributed by atoms with Gasteiger partial charge in [-0.15, -0.1) is 0 Å². The van der Waals surface area contributed by atoms with Crippen molar-refractivity contribution >= 4 is 11.6 Å². The summed E-state index contributed by atoms with van der Waals surface area (Å²) in [5.74, 6) is -0.0598. The lowest BCUT2D eigenvalue weighted by atomic mass is 9.80. The Hall–Kier alpha value is -0.840. The molecule has 2 aliphatic heterocycles. The Balaban J connectivity index is 1.73. The van der Waals surface area contributed by atoms with Crippen molar-refractivity contribution in [2.75, 3.05) is 33.3 Å². The van der Waals surface area contributed by atoms with E-state index in [-0.39, 0.29) is 11.6 Å². The molecular formula is C16H22ClFN2O. The number of methoxy groups -OCH3 is 1. The Bertz CT molecular complexity index is 517. The zero-order valence-corrected chi connectivity index (χ0v) is 13.2. The molecule has 2 fully saturated rings. The summed E-state index contributed by atoms with van der Waals surface area (Å²) < 4.78 is 19.4. The number of hydrogen-bond donors (Lipinski definition) is 1. The number of hydrogen-bond acceptors (Lipinski definition) is 3. The molecule has 116 valence electrons. The van der Waals surface area contributed by atoms with E-state index in [2.05, 4.69) is 10.2 Å². The molecule has 1 spiro atoms. The molecule has 3 rings (SSSR count). The fourth-order valence-corrected chi connectivity index (χ4v) is 3.85. The van der Waals surface area contributed by atoms with Gasteiger partial charge in [0.1, 0.15) is 0 Å². The molecule has 0 saturated carbocycles. The molecule has 1 atom stereocenters. The Labute approximate surface area is 130 Å². The van der Waals surface area contributed by atoms with Gasteiger partial charge in [0, 0.05) is 30.2 Å². The van der Waals surface area contributed by atoms with E-state index in [9.17, 15) is 4.39 Å². The van der Waals surface area contributed by atoms with E-state index >= 15 is 0 Å². The van der Waals surface area contributed by atoms with Gasteiger partial charge in [-0.2, -0.15) is 0 Å². The molecule has 0 unspecified atom stereocenters. The van der Waals surface area contributed by atoms with E-state index in [4.69, 9.17) is 16.3 Å². The second kappa shape index (κ2) is 6.11. The van der Waals surface area contributed by atoms with Crippen molar-refractivity contribution in [3.63, 3.8) is 0 Å². The van der Waals surface area contributed by atoms with Crippen LogP contribution in [0, 0.1) is 11.2 Å². The van der Waals surface area contributed by atoms with E-state index in [1.54, 1.807) is 12.1 Å². The topological polar surface area (TPSA) is 24.5 Å². The van der Waals surface area contributed by atoms with Gasteiger partial charge in [0.2, 0.25) is 0 Å². The maximum absolute atomic E-state index is 14.4. The second-order valence-corrected chi connectivity index (χ2v) is 6.69. The van der Waals surface area contributed by atoms with Crippen molar-refractivity contribution < 1.29 is 9.13 Å². The molecule has 1 N–H and O–H groups in total. The van der Waals surface area contributed by atoms with Gasteiger partial charge in [-0.05, 0) is 49.9 Å². The number of nitrogens with zero attached hydrogens (tertiary/aromatic N) is 1. The average molecular weight is 313 g/mol. The quantitative estimate of drug-likeness (QED) is 0.928. The highest BCUT2D eigenvalue weighted by Gasteiger charge is 2.39. The summed E-state index contributed by atoms with van der Waals surface area (Å²) in [6.07, 6.45) is 3.69. The summed E-state index contributed by atoms with van der Waals surface area (Å²) in [7, 11) is 1.48. The van der Waals surface area contributed by atoms with Crippen LogP contribution in [0.3, 0.4) is 0 Å². The Morgan fingerprint density at radius 1 is 1.43 bits per heavy atom. The van der Waals surface area contributed by atoms with Crippen LogP contribution in [0.2, 0.25) is 5.02 Å². The van der Waals surface area contributed by atoms with Crippen molar-refractivity contribution in [2.45, 2.75) is 25.8 Å². The molecule has 2 saturated heterocycles. The highest BCUT2D eigenvalue weighted by molar-refractivity contribution is 6.31. The first kappa shape index (κ1) is 15.1. The summed E-state index contributed by atoms with van der Waals surface area (Å²) in [6.45, 7) is 4.79. The lowest BCUT2D eigenvalue weighted by Crippen LogP contribution is -2.41.